The standard InChI is InChI=1S/C14H17N3/c1-10-4-3-7-17(10)13-6-5-12-9-15-16-11(2)14(12)8-13/h5-6,8-10H,3-4,7H2,1-2H3. The second-order valence-electron chi connectivity index (χ2n) is 4.89. The summed E-state index contributed by atoms with van der Waals surface area (Å²) in [6.07, 6.45) is 4.43. The number of fused-ring (bicyclic) bond motifs is 1. The molecule has 3 nitrogen and oxygen atoms in total. The summed E-state index contributed by atoms with van der Waals surface area (Å²) in [5, 5.41) is 10.5. The van der Waals surface area contributed by atoms with E-state index < -0.39 is 0 Å². The number of aromatic nitrogens is 2. The molecule has 0 saturated carbocycles. The molecule has 3 rings (SSSR count). The van der Waals surface area contributed by atoms with Crippen LogP contribution in [0, 0.1) is 6.92 Å². The topological polar surface area (TPSA) is 29.0 Å². The minimum Gasteiger partial charge on any atom is -0.369 e. The Hall–Kier alpha value is -1.64. The van der Waals surface area contributed by atoms with Crippen molar-refractivity contribution in [3.05, 3.63) is 30.1 Å². The van der Waals surface area contributed by atoms with Crippen LogP contribution in [-0.2, 0) is 0 Å². The zero-order valence-corrected chi connectivity index (χ0v) is 10.3. The van der Waals surface area contributed by atoms with E-state index in [1.54, 1.807) is 0 Å². The zero-order valence-electron chi connectivity index (χ0n) is 10.3. The van der Waals surface area contributed by atoms with Gasteiger partial charge >= 0.3 is 0 Å². The van der Waals surface area contributed by atoms with Crippen LogP contribution in [0.5, 0.6) is 0 Å². The van der Waals surface area contributed by atoms with Gasteiger partial charge in [-0.25, -0.2) is 0 Å². The van der Waals surface area contributed by atoms with Crippen LogP contribution >= 0.6 is 0 Å². The summed E-state index contributed by atoms with van der Waals surface area (Å²) >= 11 is 0. The van der Waals surface area contributed by atoms with Gasteiger partial charge in [0.15, 0.2) is 0 Å². The highest BCUT2D eigenvalue weighted by Crippen LogP contribution is 2.28. The smallest absolute Gasteiger partial charge is 0.0679 e. The lowest BCUT2D eigenvalue weighted by atomic mass is 10.1. The van der Waals surface area contributed by atoms with E-state index in [0.29, 0.717) is 6.04 Å². The van der Waals surface area contributed by atoms with Gasteiger partial charge in [-0.1, -0.05) is 6.07 Å². The van der Waals surface area contributed by atoms with Gasteiger partial charge in [0.05, 0.1) is 11.9 Å². The summed E-state index contributed by atoms with van der Waals surface area (Å²) in [7, 11) is 0. The quantitative estimate of drug-likeness (QED) is 0.750. The van der Waals surface area contributed by atoms with Crippen LogP contribution < -0.4 is 4.90 Å². The first kappa shape index (κ1) is 10.5. The van der Waals surface area contributed by atoms with Crippen molar-refractivity contribution in [2.75, 3.05) is 11.4 Å². The van der Waals surface area contributed by atoms with Gasteiger partial charge in [0.2, 0.25) is 0 Å². The van der Waals surface area contributed by atoms with Crippen LogP contribution in [0.1, 0.15) is 25.5 Å². The second kappa shape index (κ2) is 3.99. The van der Waals surface area contributed by atoms with Gasteiger partial charge in [-0.3, -0.25) is 0 Å². The third kappa shape index (κ3) is 1.75. The van der Waals surface area contributed by atoms with Gasteiger partial charge in [-0.05, 0) is 38.8 Å². The fourth-order valence-electron chi connectivity index (χ4n) is 2.70. The second-order valence-corrected chi connectivity index (χ2v) is 4.89. The number of nitrogens with zero attached hydrogens (tertiary/aromatic N) is 3. The molecular formula is C14H17N3. The highest BCUT2D eigenvalue weighted by Gasteiger charge is 2.20. The Balaban J connectivity index is 2.09. The highest BCUT2D eigenvalue weighted by molar-refractivity contribution is 5.86. The molecule has 1 aliphatic heterocycles. The molecule has 1 aliphatic rings. The van der Waals surface area contributed by atoms with Crippen molar-refractivity contribution in [1.29, 1.82) is 0 Å². The Morgan fingerprint density at radius 2 is 2.24 bits per heavy atom. The molecule has 0 spiro atoms. The molecule has 17 heavy (non-hydrogen) atoms. The molecule has 0 amide bonds. The summed E-state index contributed by atoms with van der Waals surface area (Å²) in [5.41, 5.74) is 2.33. The Kier molecular flexibility index (Phi) is 2.46. The molecule has 1 fully saturated rings. The summed E-state index contributed by atoms with van der Waals surface area (Å²) in [5.74, 6) is 0. The molecule has 0 radical (unpaired) electrons. The first-order valence-corrected chi connectivity index (χ1v) is 6.24. The Labute approximate surface area is 101 Å². The molecule has 0 aliphatic carbocycles. The first-order valence-electron chi connectivity index (χ1n) is 6.24. The van der Waals surface area contributed by atoms with E-state index in [1.807, 2.05) is 13.1 Å². The van der Waals surface area contributed by atoms with Gasteiger partial charge in [0, 0.05) is 29.0 Å². The molecule has 0 bridgehead atoms. The first-order chi connectivity index (χ1) is 8.25. The van der Waals surface area contributed by atoms with Crippen molar-refractivity contribution in [3.63, 3.8) is 0 Å². The SMILES string of the molecule is Cc1nncc2ccc(N3CCCC3C)cc12. The fraction of sp³-hybridized carbons (Fsp3) is 0.429. The van der Waals surface area contributed by atoms with Crippen molar-refractivity contribution in [2.45, 2.75) is 32.7 Å². The van der Waals surface area contributed by atoms with E-state index in [-0.39, 0.29) is 0 Å². The lowest BCUT2D eigenvalue weighted by Gasteiger charge is -2.24. The van der Waals surface area contributed by atoms with Crippen molar-refractivity contribution in [3.8, 4) is 0 Å². The maximum Gasteiger partial charge on any atom is 0.0679 e. The minimum atomic E-state index is 0.655. The van der Waals surface area contributed by atoms with E-state index in [2.05, 4.69) is 40.2 Å². The molecule has 0 N–H and O–H groups in total. The number of aryl methyl sites for hydroxylation is 1. The van der Waals surface area contributed by atoms with Crippen LogP contribution in [0.2, 0.25) is 0 Å². The summed E-state index contributed by atoms with van der Waals surface area (Å²) < 4.78 is 0. The zero-order chi connectivity index (χ0) is 11.8. The third-order valence-corrected chi connectivity index (χ3v) is 3.72. The van der Waals surface area contributed by atoms with Crippen molar-refractivity contribution in [2.24, 2.45) is 0 Å². The summed E-state index contributed by atoms with van der Waals surface area (Å²) in [6, 6.07) is 7.26. The maximum atomic E-state index is 4.13. The molecule has 1 unspecified atom stereocenters. The van der Waals surface area contributed by atoms with Crippen LogP contribution in [0.15, 0.2) is 24.4 Å². The Bertz CT molecular complexity index is 550. The van der Waals surface area contributed by atoms with E-state index in [9.17, 15) is 0 Å². The molecule has 1 aromatic heterocycles. The van der Waals surface area contributed by atoms with E-state index in [4.69, 9.17) is 0 Å². The van der Waals surface area contributed by atoms with Crippen molar-refractivity contribution in [1.82, 2.24) is 10.2 Å². The van der Waals surface area contributed by atoms with Gasteiger partial charge in [-0.15, -0.1) is 0 Å². The molecule has 88 valence electrons. The predicted molar refractivity (Wildman–Crippen MR) is 70.3 cm³/mol. The summed E-state index contributed by atoms with van der Waals surface area (Å²) in [6.45, 7) is 5.49. The van der Waals surface area contributed by atoms with E-state index in [1.165, 1.54) is 35.8 Å². The average molecular weight is 227 g/mol. The fourth-order valence-corrected chi connectivity index (χ4v) is 2.70. The molecule has 1 saturated heterocycles. The van der Waals surface area contributed by atoms with E-state index in [0.717, 1.165) is 5.69 Å². The highest BCUT2D eigenvalue weighted by atomic mass is 15.2. The number of benzene rings is 1. The van der Waals surface area contributed by atoms with Gasteiger partial charge in [0.25, 0.3) is 0 Å². The molecule has 2 aromatic rings. The largest absolute Gasteiger partial charge is 0.369 e. The number of hydrogen-bond donors (Lipinski definition) is 0. The van der Waals surface area contributed by atoms with Crippen LogP contribution in [0.25, 0.3) is 10.8 Å². The number of hydrogen-bond acceptors (Lipinski definition) is 3. The molecular weight excluding hydrogens is 210 g/mol. The average Bonchev–Trinajstić information content (AvgIpc) is 2.76. The van der Waals surface area contributed by atoms with Gasteiger partial charge in [-0.2, -0.15) is 10.2 Å². The molecule has 3 heteroatoms. The maximum absolute atomic E-state index is 4.13. The Morgan fingerprint density at radius 3 is 3.00 bits per heavy atom. The molecule has 2 heterocycles. The monoisotopic (exact) mass is 227 g/mol. The van der Waals surface area contributed by atoms with E-state index >= 15 is 0 Å². The van der Waals surface area contributed by atoms with Crippen LogP contribution in [0.4, 0.5) is 5.69 Å². The number of rotatable bonds is 1. The number of anilines is 1. The van der Waals surface area contributed by atoms with Gasteiger partial charge in [0.1, 0.15) is 0 Å². The molecule has 1 aromatic carbocycles. The third-order valence-electron chi connectivity index (χ3n) is 3.72. The normalized spacial score (nSPS) is 20.1. The predicted octanol–water partition coefficient (Wildman–Crippen LogP) is 2.93. The Morgan fingerprint density at radius 1 is 1.35 bits per heavy atom. The minimum absolute atomic E-state index is 0.655. The van der Waals surface area contributed by atoms with Crippen LogP contribution in [0.3, 0.4) is 0 Å². The lowest BCUT2D eigenvalue weighted by molar-refractivity contribution is 0.735. The van der Waals surface area contributed by atoms with Crippen molar-refractivity contribution < 1.29 is 0 Å². The van der Waals surface area contributed by atoms with Crippen molar-refractivity contribution >= 4 is 16.5 Å². The van der Waals surface area contributed by atoms with Crippen LogP contribution in [-0.4, -0.2) is 22.8 Å². The van der Waals surface area contributed by atoms with Gasteiger partial charge < -0.3 is 4.90 Å². The molecule has 1 atom stereocenters. The summed E-state index contributed by atoms with van der Waals surface area (Å²) in [4.78, 5) is 2.49. The lowest BCUT2D eigenvalue weighted by Crippen LogP contribution is -2.26.